The highest BCUT2D eigenvalue weighted by molar-refractivity contribution is 6.42. The number of benzene rings is 1. The molecule has 30 heavy (non-hydrogen) atoms. The Morgan fingerprint density at radius 3 is 2.53 bits per heavy atom. The predicted molar refractivity (Wildman–Crippen MR) is 109 cm³/mol. The normalized spacial score (nSPS) is 24.8. The van der Waals surface area contributed by atoms with Crippen molar-refractivity contribution >= 4 is 29.1 Å². The van der Waals surface area contributed by atoms with Gasteiger partial charge in [-0.2, -0.15) is 13.2 Å². The number of hydrogen-bond donors (Lipinski definition) is 2. The number of carbonyl (C=O) groups is 1. The van der Waals surface area contributed by atoms with Gasteiger partial charge in [0, 0.05) is 17.5 Å². The summed E-state index contributed by atoms with van der Waals surface area (Å²) in [7, 11) is 0. The Hall–Kier alpha value is -1.05. The van der Waals surface area contributed by atoms with Gasteiger partial charge in [0.25, 0.3) is 0 Å². The zero-order valence-corrected chi connectivity index (χ0v) is 18.2. The van der Waals surface area contributed by atoms with Crippen molar-refractivity contribution < 1.29 is 22.4 Å². The maximum absolute atomic E-state index is 14.8. The average Bonchev–Trinajstić information content (AvgIpc) is 3.32. The molecule has 0 aromatic heterocycles. The van der Waals surface area contributed by atoms with Crippen LogP contribution in [0.25, 0.3) is 0 Å². The summed E-state index contributed by atoms with van der Waals surface area (Å²) in [5.74, 6) is -1.23. The van der Waals surface area contributed by atoms with Crippen molar-refractivity contribution in [2.75, 3.05) is 6.54 Å². The molecule has 0 spiro atoms. The molecule has 0 radical (unpaired) electrons. The van der Waals surface area contributed by atoms with Crippen LogP contribution in [0.5, 0.6) is 0 Å². The van der Waals surface area contributed by atoms with Crippen LogP contribution in [0.15, 0.2) is 12.1 Å². The van der Waals surface area contributed by atoms with Crippen molar-refractivity contribution in [1.82, 2.24) is 10.6 Å². The van der Waals surface area contributed by atoms with Crippen LogP contribution in [-0.2, 0) is 4.79 Å². The van der Waals surface area contributed by atoms with Crippen LogP contribution < -0.4 is 10.6 Å². The van der Waals surface area contributed by atoms with Gasteiger partial charge in [-0.25, -0.2) is 4.39 Å². The van der Waals surface area contributed by atoms with Gasteiger partial charge >= 0.3 is 6.18 Å². The van der Waals surface area contributed by atoms with Crippen molar-refractivity contribution in [3.05, 3.63) is 33.6 Å². The molecule has 1 aromatic carbocycles. The van der Waals surface area contributed by atoms with Gasteiger partial charge in [0.05, 0.1) is 22.6 Å². The van der Waals surface area contributed by atoms with Crippen molar-refractivity contribution in [3.8, 4) is 0 Å². The Balaban J connectivity index is 1.77. The summed E-state index contributed by atoms with van der Waals surface area (Å²) in [6.45, 7) is 0.931. The van der Waals surface area contributed by atoms with E-state index in [0.29, 0.717) is 19.3 Å². The van der Waals surface area contributed by atoms with E-state index in [1.165, 1.54) is 12.1 Å². The van der Waals surface area contributed by atoms with Crippen molar-refractivity contribution in [2.24, 2.45) is 11.3 Å². The number of carbonyl (C=O) groups excluding carboxylic acids is 1. The van der Waals surface area contributed by atoms with Gasteiger partial charge in [0.2, 0.25) is 5.91 Å². The van der Waals surface area contributed by atoms with E-state index in [1.54, 1.807) is 0 Å². The monoisotopic (exact) mass is 468 g/mol. The largest absolute Gasteiger partial charge is 0.401 e. The van der Waals surface area contributed by atoms with E-state index in [1.807, 2.05) is 6.92 Å². The highest BCUT2D eigenvalue weighted by Gasteiger charge is 2.43. The summed E-state index contributed by atoms with van der Waals surface area (Å²) in [6, 6.07) is 1.61. The SMILES string of the molecule is CC1([C@H](NC(=O)[C@@H]2CC[C@@H](NCC(F)(F)F)C2)c2c(F)ccc(Cl)c2Cl)CCCC1. The molecule has 9 heteroatoms. The zero-order chi connectivity index (χ0) is 22.1. The summed E-state index contributed by atoms with van der Waals surface area (Å²) in [5.41, 5.74) is -0.191. The summed E-state index contributed by atoms with van der Waals surface area (Å²) in [5, 5.41) is 5.77. The van der Waals surface area contributed by atoms with Gasteiger partial charge in [0.1, 0.15) is 5.82 Å². The number of hydrogen-bond acceptors (Lipinski definition) is 2. The molecular weight excluding hydrogens is 443 g/mol. The van der Waals surface area contributed by atoms with E-state index < -0.39 is 30.5 Å². The second-order valence-corrected chi connectivity index (χ2v) is 9.55. The smallest absolute Gasteiger partial charge is 0.348 e. The minimum Gasteiger partial charge on any atom is -0.348 e. The Morgan fingerprint density at radius 2 is 1.90 bits per heavy atom. The number of halogens is 6. The molecule has 1 aromatic rings. The van der Waals surface area contributed by atoms with Gasteiger partial charge in [-0.15, -0.1) is 0 Å². The molecule has 3 rings (SSSR count). The first-order valence-corrected chi connectivity index (χ1v) is 11.0. The second-order valence-electron chi connectivity index (χ2n) is 8.76. The Labute approximate surface area is 183 Å². The molecule has 2 fully saturated rings. The number of rotatable bonds is 6. The lowest BCUT2D eigenvalue weighted by Crippen LogP contribution is -2.42. The van der Waals surface area contributed by atoms with Crippen LogP contribution in [0.4, 0.5) is 17.6 Å². The molecule has 2 saturated carbocycles. The molecule has 168 valence electrons. The highest BCUT2D eigenvalue weighted by Crippen LogP contribution is 2.50. The first-order chi connectivity index (χ1) is 14.0. The van der Waals surface area contributed by atoms with Gasteiger partial charge in [0.15, 0.2) is 0 Å². The fourth-order valence-corrected chi connectivity index (χ4v) is 5.23. The Bertz CT molecular complexity index is 781. The average molecular weight is 469 g/mol. The minimum absolute atomic E-state index is 0.0891. The molecule has 0 aliphatic heterocycles. The van der Waals surface area contributed by atoms with Crippen LogP contribution in [0, 0.1) is 17.2 Å². The minimum atomic E-state index is -4.29. The van der Waals surface area contributed by atoms with E-state index in [-0.39, 0.29) is 33.0 Å². The summed E-state index contributed by atoms with van der Waals surface area (Å²) in [6.07, 6.45) is 0.547. The maximum Gasteiger partial charge on any atom is 0.401 e. The van der Waals surface area contributed by atoms with Crippen LogP contribution in [0.1, 0.15) is 63.5 Å². The highest BCUT2D eigenvalue weighted by atomic mass is 35.5. The third-order valence-electron chi connectivity index (χ3n) is 6.49. The number of nitrogens with one attached hydrogen (secondary N) is 2. The fourth-order valence-electron chi connectivity index (χ4n) is 4.80. The quantitative estimate of drug-likeness (QED) is 0.385. The lowest BCUT2D eigenvalue weighted by Gasteiger charge is -2.36. The molecule has 2 aliphatic carbocycles. The Kier molecular flexibility index (Phi) is 7.25. The molecule has 0 unspecified atom stereocenters. The fraction of sp³-hybridized carbons (Fsp3) is 0.667. The second kappa shape index (κ2) is 9.21. The first-order valence-electron chi connectivity index (χ1n) is 10.2. The molecule has 0 heterocycles. The molecule has 0 bridgehead atoms. The van der Waals surface area contributed by atoms with Gasteiger partial charge in [-0.05, 0) is 49.7 Å². The first kappa shape index (κ1) is 23.6. The van der Waals surface area contributed by atoms with Crippen LogP contribution in [0.2, 0.25) is 10.0 Å². The Morgan fingerprint density at radius 1 is 1.23 bits per heavy atom. The number of alkyl halides is 3. The summed E-state index contributed by atoms with van der Waals surface area (Å²) in [4.78, 5) is 13.0. The number of amides is 1. The lowest BCUT2D eigenvalue weighted by atomic mass is 9.76. The molecule has 2 N–H and O–H groups in total. The third-order valence-corrected chi connectivity index (χ3v) is 7.31. The van der Waals surface area contributed by atoms with Crippen LogP contribution in [0.3, 0.4) is 0 Å². The molecule has 2 aliphatic rings. The molecular formula is C21H26Cl2F4N2O. The van der Waals surface area contributed by atoms with Crippen molar-refractivity contribution in [1.29, 1.82) is 0 Å². The topological polar surface area (TPSA) is 41.1 Å². The predicted octanol–water partition coefficient (Wildman–Crippen LogP) is 6.19. The van der Waals surface area contributed by atoms with Crippen molar-refractivity contribution in [2.45, 2.75) is 70.1 Å². The van der Waals surface area contributed by atoms with Crippen molar-refractivity contribution in [3.63, 3.8) is 0 Å². The molecule has 1 amide bonds. The summed E-state index contributed by atoms with van der Waals surface area (Å²) < 4.78 is 52.1. The van der Waals surface area contributed by atoms with Gasteiger partial charge in [-0.1, -0.05) is 43.0 Å². The third kappa shape index (κ3) is 5.40. The molecule has 0 saturated heterocycles. The van der Waals surface area contributed by atoms with E-state index >= 15 is 0 Å². The lowest BCUT2D eigenvalue weighted by molar-refractivity contribution is -0.127. The maximum atomic E-state index is 14.8. The summed E-state index contributed by atoms with van der Waals surface area (Å²) >= 11 is 12.5. The molecule has 3 nitrogen and oxygen atoms in total. The van der Waals surface area contributed by atoms with E-state index in [2.05, 4.69) is 10.6 Å². The van der Waals surface area contributed by atoms with E-state index in [4.69, 9.17) is 23.2 Å². The van der Waals surface area contributed by atoms with E-state index in [9.17, 15) is 22.4 Å². The molecule has 3 atom stereocenters. The van der Waals surface area contributed by atoms with E-state index in [0.717, 1.165) is 25.7 Å². The zero-order valence-electron chi connectivity index (χ0n) is 16.7. The standard InChI is InChI=1S/C21H26Cl2F4N2O/c1-20(8-2-3-9-20)18(16-15(24)7-6-14(22)17(16)23)29-19(30)12-4-5-13(10-12)28-11-21(25,26)27/h6-7,12-13,18,28H,2-5,8-11H2,1H3,(H,29,30)/t12-,13-,18-/m1/s1. The van der Waals surface area contributed by atoms with Crippen LogP contribution in [-0.4, -0.2) is 24.7 Å². The van der Waals surface area contributed by atoms with Gasteiger partial charge in [-0.3, -0.25) is 4.79 Å². The van der Waals surface area contributed by atoms with Crippen LogP contribution >= 0.6 is 23.2 Å². The van der Waals surface area contributed by atoms with Gasteiger partial charge < -0.3 is 10.6 Å².